The highest BCUT2D eigenvalue weighted by Crippen LogP contribution is 2.42. The average molecular weight is 512 g/mol. The summed E-state index contributed by atoms with van der Waals surface area (Å²) in [6.45, 7) is 1.99. The second-order valence-electron chi connectivity index (χ2n) is 10.4. The summed E-state index contributed by atoms with van der Waals surface area (Å²) in [7, 11) is 1.64. The van der Waals surface area contributed by atoms with Crippen molar-refractivity contribution in [2.24, 2.45) is 17.6 Å². The van der Waals surface area contributed by atoms with Gasteiger partial charge in [0.2, 0.25) is 0 Å². The molecule has 6 nitrogen and oxygen atoms in total. The van der Waals surface area contributed by atoms with Crippen LogP contribution in [-0.2, 0) is 10.3 Å². The number of carbonyl (C=O) groups excluding carboxylic acids is 1. The molecule has 1 heterocycles. The van der Waals surface area contributed by atoms with Crippen molar-refractivity contribution in [1.82, 2.24) is 10.2 Å². The number of halogens is 2. The summed E-state index contributed by atoms with van der Waals surface area (Å²) in [5, 5.41) is 14.9. The molecule has 2 fully saturated rings. The highest BCUT2D eigenvalue weighted by molar-refractivity contribution is 6.30. The Bertz CT molecular complexity index is 808. The van der Waals surface area contributed by atoms with Gasteiger partial charge in [0.15, 0.2) is 0 Å². The predicted octanol–water partition coefficient (Wildman–Crippen LogP) is 5.20. The second-order valence-corrected chi connectivity index (χ2v) is 10.9. The molecule has 1 aliphatic carbocycles. The SMILES string of the molecule is COCCCC[C@@](O)(c1cccc(Cl)c1F)[C@@H]1CCCN(C(=O)NCC(N)CC2CCCCC2)C1. The van der Waals surface area contributed by atoms with Gasteiger partial charge in [0.25, 0.3) is 0 Å². The number of methoxy groups -OCH3 is 1. The van der Waals surface area contributed by atoms with Crippen molar-refractivity contribution < 1.29 is 19.0 Å². The maximum Gasteiger partial charge on any atom is 0.317 e. The van der Waals surface area contributed by atoms with Crippen molar-refractivity contribution >= 4 is 17.6 Å². The number of carbonyl (C=O) groups is 1. The van der Waals surface area contributed by atoms with Gasteiger partial charge in [-0.25, -0.2) is 9.18 Å². The molecule has 0 aromatic heterocycles. The van der Waals surface area contributed by atoms with Gasteiger partial charge in [-0.15, -0.1) is 0 Å². The van der Waals surface area contributed by atoms with E-state index >= 15 is 4.39 Å². The van der Waals surface area contributed by atoms with Gasteiger partial charge >= 0.3 is 6.03 Å². The van der Waals surface area contributed by atoms with Crippen molar-refractivity contribution in [1.29, 1.82) is 0 Å². The summed E-state index contributed by atoms with van der Waals surface area (Å²) in [5.41, 5.74) is 5.12. The molecule has 1 unspecified atom stereocenters. The lowest BCUT2D eigenvalue weighted by atomic mass is 9.74. The molecule has 1 aromatic rings. The number of urea groups is 1. The second kappa shape index (κ2) is 13.8. The third kappa shape index (κ3) is 7.78. The normalized spacial score (nSPS) is 22.0. The van der Waals surface area contributed by atoms with E-state index in [2.05, 4.69) is 5.32 Å². The Balaban J connectivity index is 1.63. The third-order valence-electron chi connectivity index (χ3n) is 7.83. The Morgan fingerprint density at radius 1 is 1.29 bits per heavy atom. The largest absolute Gasteiger partial charge is 0.385 e. The van der Waals surface area contributed by atoms with E-state index in [1.807, 2.05) is 0 Å². The van der Waals surface area contributed by atoms with Gasteiger partial charge in [0.1, 0.15) is 5.82 Å². The van der Waals surface area contributed by atoms with Gasteiger partial charge in [0.05, 0.1) is 10.6 Å². The quantitative estimate of drug-likeness (QED) is 0.356. The smallest absolute Gasteiger partial charge is 0.317 e. The van der Waals surface area contributed by atoms with Crippen molar-refractivity contribution in [3.63, 3.8) is 0 Å². The molecule has 1 aliphatic heterocycles. The molecule has 35 heavy (non-hydrogen) atoms. The van der Waals surface area contributed by atoms with Gasteiger partial charge in [-0.1, -0.05) is 55.8 Å². The van der Waals surface area contributed by atoms with Crippen LogP contribution in [0.3, 0.4) is 0 Å². The van der Waals surface area contributed by atoms with E-state index in [-0.39, 0.29) is 28.6 Å². The van der Waals surface area contributed by atoms with E-state index in [1.54, 1.807) is 24.1 Å². The zero-order valence-corrected chi connectivity index (χ0v) is 21.9. The van der Waals surface area contributed by atoms with E-state index in [9.17, 15) is 9.90 Å². The monoisotopic (exact) mass is 511 g/mol. The fourth-order valence-electron chi connectivity index (χ4n) is 5.85. The standard InChI is InChI=1S/C27H43ClFN3O3/c1-35-16-6-5-14-27(34,23-12-7-13-24(28)25(23)29)21-11-8-15-32(19-21)26(33)31-18-22(30)17-20-9-3-2-4-10-20/h7,12-13,20-22,34H,2-6,8-11,14-19,30H2,1H3,(H,31,33)/t21-,22?,27+/m1/s1. The number of hydrogen-bond donors (Lipinski definition) is 3. The van der Waals surface area contributed by atoms with E-state index in [0.717, 1.165) is 19.3 Å². The molecule has 2 amide bonds. The molecular weight excluding hydrogens is 469 g/mol. The van der Waals surface area contributed by atoms with E-state index in [4.69, 9.17) is 22.1 Å². The summed E-state index contributed by atoms with van der Waals surface area (Å²) in [6.07, 6.45) is 10.5. The maximum atomic E-state index is 15.1. The molecule has 2 aliphatic rings. The van der Waals surface area contributed by atoms with Crippen LogP contribution in [-0.4, -0.2) is 55.4 Å². The Hall–Kier alpha value is -1.41. The molecule has 1 saturated carbocycles. The first-order valence-electron chi connectivity index (χ1n) is 13.3. The number of benzene rings is 1. The number of likely N-dealkylation sites (tertiary alicyclic amines) is 1. The fourth-order valence-corrected chi connectivity index (χ4v) is 6.03. The minimum Gasteiger partial charge on any atom is -0.385 e. The fraction of sp³-hybridized carbons (Fsp3) is 0.741. The molecule has 1 aromatic carbocycles. The summed E-state index contributed by atoms with van der Waals surface area (Å²) >= 11 is 6.07. The van der Waals surface area contributed by atoms with Gasteiger partial charge in [-0.3, -0.25) is 0 Å². The number of ether oxygens (including phenoxy) is 1. The van der Waals surface area contributed by atoms with Crippen molar-refractivity contribution in [3.05, 3.63) is 34.6 Å². The molecule has 0 radical (unpaired) electrons. The van der Waals surface area contributed by atoms with Crippen LogP contribution in [0.5, 0.6) is 0 Å². The molecule has 1 saturated heterocycles. The van der Waals surface area contributed by atoms with E-state index < -0.39 is 11.4 Å². The first kappa shape index (κ1) is 28.2. The van der Waals surface area contributed by atoms with Crippen LogP contribution in [0.1, 0.15) is 76.2 Å². The first-order chi connectivity index (χ1) is 16.8. The molecule has 3 rings (SSSR count). The number of nitrogens with one attached hydrogen (secondary N) is 1. The number of amides is 2. The molecule has 0 bridgehead atoms. The lowest BCUT2D eigenvalue weighted by Crippen LogP contribution is -2.52. The number of piperidine rings is 1. The topological polar surface area (TPSA) is 87.8 Å². The Morgan fingerprint density at radius 3 is 2.80 bits per heavy atom. The Kier molecular flexibility index (Phi) is 11.1. The lowest BCUT2D eigenvalue weighted by molar-refractivity contribution is -0.0586. The summed E-state index contributed by atoms with van der Waals surface area (Å²) in [5.74, 6) is -0.220. The molecular formula is C27H43ClFN3O3. The van der Waals surface area contributed by atoms with Crippen LogP contribution in [0.2, 0.25) is 5.02 Å². The summed E-state index contributed by atoms with van der Waals surface area (Å²) in [6, 6.07) is 4.55. The van der Waals surface area contributed by atoms with E-state index in [0.29, 0.717) is 51.4 Å². The van der Waals surface area contributed by atoms with Crippen LogP contribution >= 0.6 is 11.6 Å². The van der Waals surface area contributed by atoms with Gasteiger partial charge in [-0.2, -0.15) is 0 Å². The number of hydrogen-bond acceptors (Lipinski definition) is 4. The number of aliphatic hydroxyl groups is 1. The Morgan fingerprint density at radius 2 is 2.06 bits per heavy atom. The zero-order chi connectivity index (χ0) is 25.3. The van der Waals surface area contributed by atoms with Crippen molar-refractivity contribution in [2.75, 3.05) is 33.4 Å². The number of nitrogens with zero attached hydrogens (tertiary/aromatic N) is 1. The van der Waals surface area contributed by atoms with Gasteiger partial charge < -0.3 is 25.8 Å². The number of nitrogens with two attached hydrogens (primary N) is 1. The van der Waals surface area contributed by atoms with Crippen LogP contribution in [0.15, 0.2) is 18.2 Å². The van der Waals surface area contributed by atoms with E-state index in [1.165, 1.54) is 38.2 Å². The zero-order valence-electron chi connectivity index (χ0n) is 21.1. The summed E-state index contributed by atoms with van der Waals surface area (Å²) < 4.78 is 20.2. The minimum atomic E-state index is -1.42. The molecule has 198 valence electrons. The highest BCUT2D eigenvalue weighted by atomic mass is 35.5. The predicted molar refractivity (Wildman–Crippen MR) is 138 cm³/mol. The minimum absolute atomic E-state index is 0.00446. The van der Waals surface area contributed by atoms with Gasteiger partial charge in [0, 0.05) is 50.9 Å². The van der Waals surface area contributed by atoms with Crippen LogP contribution in [0.25, 0.3) is 0 Å². The first-order valence-corrected chi connectivity index (χ1v) is 13.7. The lowest BCUT2D eigenvalue weighted by Gasteiger charge is -2.43. The molecule has 4 N–H and O–H groups in total. The molecule has 3 atom stereocenters. The number of rotatable bonds is 11. The van der Waals surface area contributed by atoms with Crippen LogP contribution in [0, 0.1) is 17.7 Å². The molecule has 8 heteroatoms. The third-order valence-corrected chi connectivity index (χ3v) is 8.13. The van der Waals surface area contributed by atoms with Crippen molar-refractivity contribution in [2.45, 2.75) is 82.3 Å². The summed E-state index contributed by atoms with van der Waals surface area (Å²) in [4.78, 5) is 14.7. The van der Waals surface area contributed by atoms with Crippen LogP contribution < -0.4 is 11.1 Å². The average Bonchev–Trinajstić information content (AvgIpc) is 2.87. The number of unbranched alkanes of at least 4 members (excludes halogenated alkanes) is 1. The van der Waals surface area contributed by atoms with Crippen LogP contribution in [0.4, 0.5) is 9.18 Å². The van der Waals surface area contributed by atoms with Gasteiger partial charge in [-0.05, 0) is 50.5 Å². The molecule has 0 spiro atoms. The maximum absolute atomic E-state index is 15.1. The Labute approximate surface area is 214 Å². The highest BCUT2D eigenvalue weighted by Gasteiger charge is 2.43. The van der Waals surface area contributed by atoms with Crippen molar-refractivity contribution in [3.8, 4) is 0 Å².